The SMILES string of the molecule is CC/C(=C(/CC)c1ccc(C(C)C)cc1)c1ccc(C(C)C)cc1. The first-order valence-corrected chi connectivity index (χ1v) is 9.40. The van der Waals surface area contributed by atoms with Gasteiger partial charge in [0, 0.05) is 0 Å². The maximum absolute atomic E-state index is 2.30. The Morgan fingerprint density at radius 2 is 0.875 bits per heavy atom. The second kappa shape index (κ2) is 8.33. The Morgan fingerprint density at radius 1 is 0.583 bits per heavy atom. The van der Waals surface area contributed by atoms with Crippen molar-refractivity contribution in [3.8, 4) is 0 Å². The average Bonchev–Trinajstić information content (AvgIpc) is 2.59. The van der Waals surface area contributed by atoms with E-state index in [0.717, 1.165) is 12.8 Å². The molecule has 2 aromatic carbocycles. The first-order chi connectivity index (χ1) is 11.5. The van der Waals surface area contributed by atoms with Crippen LogP contribution in [0.25, 0.3) is 11.1 Å². The number of benzene rings is 2. The van der Waals surface area contributed by atoms with Crippen LogP contribution in [0.4, 0.5) is 0 Å². The van der Waals surface area contributed by atoms with Crippen molar-refractivity contribution in [1.29, 1.82) is 0 Å². The van der Waals surface area contributed by atoms with Crippen molar-refractivity contribution in [1.82, 2.24) is 0 Å². The minimum Gasteiger partial charge on any atom is -0.0613 e. The first-order valence-electron chi connectivity index (χ1n) is 9.40. The molecule has 0 spiro atoms. The van der Waals surface area contributed by atoms with Gasteiger partial charge < -0.3 is 0 Å². The number of allylic oxidation sites excluding steroid dienone is 2. The molecule has 0 radical (unpaired) electrons. The van der Waals surface area contributed by atoms with Crippen molar-refractivity contribution in [3.05, 3.63) is 70.8 Å². The molecular weight excluding hydrogens is 288 g/mol. The number of hydrogen-bond acceptors (Lipinski definition) is 0. The fourth-order valence-electron chi connectivity index (χ4n) is 3.32. The van der Waals surface area contributed by atoms with Gasteiger partial charge in [0.05, 0.1) is 0 Å². The fraction of sp³-hybridized carbons (Fsp3) is 0.417. The van der Waals surface area contributed by atoms with Crippen LogP contribution in [-0.2, 0) is 0 Å². The van der Waals surface area contributed by atoms with Gasteiger partial charge in [-0.15, -0.1) is 0 Å². The van der Waals surface area contributed by atoms with E-state index in [0.29, 0.717) is 11.8 Å². The molecule has 0 unspecified atom stereocenters. The minimum absolute atomic E-state index is 0.585. The molecule has 128 valence electrons. The van der Waals surface area contributed by atoms with Crippen molar-refractivity contribution in [2.75, 3.05) is 0 Å². The third-order valence-corrected chi connectivity index (χ3v) is 4.92. The molecule has 0 heterocycles. The summed E-state index contributed by atoms with van der Waals surface area (Å²) in [6.07, 6.45) is 2.13. The molecule has 24 heavy (non-hydrogen) atoms. The van der Waals surface area contributed by atoms with Gasteiger partial charge in [-0.3, -0.25) is 0 Å². The van der Waals surface area contributed by atoms with Gasteiger partial charge in [0.1, 0.15) is 0 Å². The molecule has 0 saturated carbocycles. The molecule has 0 nitrogen and oxygen atoms in total. The van der Waals surface area contributed by atoms with E-state index in [2.05, 4.69) is 90.1 Å². The van der Waals surface area contributed by atoms with Gasteiger partial charge in [-0.05, 0) is 58.1 Å². The summed E-state index contributed by atoms with van der Waals surface area (Å²) in [6.45, 7) is 13.5. The number of rotatable bonds is 6. The molecule has 0 aromatic heterocycles. The smallest absolute Gasteiger partial charge is 0.0219 e. The van der Waals surface area contributed by atoms with Crippen LogP contribution in [0.1, 0.15) is 88.5 Å². The quantitative estimate of drug-likeness (QED) is 0.479. The van der Waals surface area contributed by atoms with Crippen LogP contribution >= 0.6 is 0 Å². The predicted molar refractivity (Wildman–Crippen MR) is 108 cm³/mol. The van der Waals surface area contributed by atoms with Gasteiger partial charge in [-0.1, -0.05) is 90.1 Å². The number of hydrogen-bond donors (Lipinski definition) is 0. The highest BCUT2D eigenvalue weighted by atomic mass is 14.1. The highest BCUT2D eigenvalue weighted by molar-refractivity contribution is 5.90. The van der Waals surface area contributed by atoms with E-state index in [1.165, 1.54) is 33.4 Å². The van der Waals surface area contributed by atoms with Crippen LogP contribution in [-0.4, -0.2) is 0 Å². The summed E-state index contributed by atoms with van der Waals surface area (Å²) in [4.78, 5) is 0. The normalized spacial score (nSPS) is 12.7. The lowest BCUT2D eigenvalue weighted by molar-refractivity contribution is 0.866. The van der Waals surface area contributed by atoms with Gasteiger partial charge in [0.15, 0.2) is 0 Å². The Morgan fingerprint density at radius 3 is 1.08 bits per heavy atom. The van der Waals surface area contributed by atoms with Gasteiger partial charge >= 0.3 is 0 Å². The van der Waals surface area contributed by atoms with Crippen LogP contribution in [0.15, 0.2) is 48.5 Å². The molecule has 2 aromatic rings. The van der Waals surface area contributed by atoms with E-state index in [1.807, 2.05) is 0 Å². The third kappa shape index (κ3) is 4.17. The molecule has 2 rings (SSSR count). The van der Waals surface area contributed by atoms with E-state index in [4.69, 9.17) is 0 Å². The minimum atomic E-state index is 0.585. The van der Waals surface area contributed by atoms with Crippen molar-refractivity contribution in [2.24, 2.45) is 0 Å². The lowest BCUT2D eigenvalue weighted by Gasteiger charge is -2.16. The summed E-state index contributed by atoms with van der Waals surface area (Å²) in [7, 11) is 0. The lowest BCUT2D eigenvalue weighted by atomic mass is 9.89. The highest BCUT2D eigenvalue weighted by Gasteiger charge is 2.10. The van der Waals surface area contributed by atoms with Gasteiger partial charge in [0.25, 0.3) is 0 Å². The zero-order chi connectivity index (χ0) is 17.7. The Hall–Kier alpha value is -1.82. The third-order valence-electron chi connectivity index (χ3n) is 4.92. The van der Waals surface area contributed by atoms with Crippen LogP contribution in [0.3, 0.4) is 0 Å². The summed E-state index contributed by atoms with van der Waals surface area (Å²) in [6, 6.07) is 18.3. The lowest BCUT2D eigenvalue weighted by Crippen LogP contribution is -1.94. The Bertz CT molecular complexity index is 605. The molecule has 0 aliphatic heterocycles. The summed E-state index contributed by atoms with van der Waals surface area (Å²) in [5.74, 6) is 1.17. The van der Waals surface area contributed by atoms with Crippen LogP contribution in [0.2, 0.25) is 0 Å². The summed E-state index contributed by atoms with van der Waals surface area (Å²) < 4.78 is 0. The zero-order valence-electron chi connectivity index (χ0n) is 16.2. The van der Waals surface area contributed by atoms with E-state index < -0.39 is 0 Å². The average molecular weight is 321 g/mol. The van der Waals surface area contributed by atoms with Crippen LogP contribution in [0, 0.1) is 0 Å². The molecule has 0 bridgehead atoms. The van der Waals surface area contributed by atoms with E-state index in [-0.39, 0.29) is 0 Å². The van der Waals surface area contributed by atoms with Gasteiger partial charge in [0.2, 0.25) is 0 Å². The summed E-state index contributed by atoms with van der Waals surface area (Å²) >= 11 is 0. The Kier molecular flexibility index (Phi) is 6.43. The molecule has 0 aliphatic carbocycles. The van der Waals surface area contributed by atoms with Gasteiger partial charge in [-0.2, -0.15) is 0 Å². The largest absolute Gasteiger partial charge is 0.0613 e. The molecule has 0 amide bonds. The van der Waals surface area contributed by atoms with E-state index in [9.17, 15) is 0 Å². The molecular formula is C24H32. The van der Waals surface area contributed by atoms with Crippen LogP contribution < -0.4 is 0 Å². The maximum atomic E-state index is 2.30. The summed E-state index contributed by atoms with van der Waals surface area (Å²) in [5.41, 5.74) is 8.51. The van der Waals surface area contributed by atoms with Crippen LogP contribution in [0.5, 0.6) is 0 Å². The first kappa shape index (κ1) is 18.5. The van der Waals surface area contributed by atoms with Crippen molar-refractivity contribution < 1.29 is 0 Å². The molecule has 0 fully saturated rings. The van der Waals surface area contributed by atoms with E-state index >= 15 is 0 Å². The second-order valence-electron chi connectivity index (χ2n) is 7.22. The molecule has 0 aliphatic rings. The fourth-order valence-corrected chi connectivity index (χ4v) is 3.32. The zero-order valence-corrected chi connectivity index (χ0v) is 16.2. The predicted octanol–water partition coefficient (Wildman–Crippen LogP) is 7.66. The molecule has 0 heteroatoms. The topological polar surface area (TPSA) is 0 Å². The standard InChI is InChI=1S/C24H32/c1-7-23(21-13-9-19(10-14-21)17(3)4)24(8-2)22-15-11-20(12-16-22)18(5)6/h9-18H,7-8H2,1-6H3/b24-23+. The highest BCUT2D eigenvalue weighted by Crippen LogP contribution is 2.32. The molecule has 0 atom stereocenters. The summed E-state index contributed by atoms with van der Waals surface area (Å²) in [5, 5.41) is 0. The van der Waals surface area contributed by atoms with Gasteiger partial charge in [-0.25, -0.2) is 0 Å². The maximum Gasteiger partial charge on any atom is -0.0219 e. The second-order valence-corrected chi connectivity index (χ2v) is 7.22. The molecule has 0 saturated heterocycles. The Labute approximate surface area is 148 Å². The molecule has 0 N–H and O–H groups in total. The van der Waals surface area contributed by atoms with Crippen molar-refractivity contribution >= 4 is 11.1 Å². The van der Waals surface area contributed by atoms with Crippen molar-refractivity contribution in [3.63, 3.8) is 0 Å². The Balaban J connectivity index is 2.45. The van der Waals surface area contributed by atoms with Crippen molar-refractivity contribution in [2.45, 2.75) is 66.2 Å². The monoisotopic (exact) mass is 320 g/mol. The van der Waals surface area contributed by atoms with E-state index in [1.54, 1.807) is 0 Å².